The predicted octanol–water partition coefficient (Wildman–Crippen LogP) is 2.11. The van der Waals surface area contributed by atoms with Gasteiger partial charge in [-0.05, 0) is 37.6 Å². The van der Waals surface area contributed by atoms with Gasteiger partial charge in [0.25, 0.3) is 0 Å². The SMILES string of the molecule is CNCc1ccc(OCCC(=O)NC2CC2)c(Cl)c1. The zero-order valence-electron chi connectivity index (χ0n) is 11.0. The number of amides is 1. The molecular formula is C14H19ClN2O2. The molecule has 0 aliphatic heterocycles. The summed E-state index contributed by atoms with van der Waals surface area (Å²) in [6.07, 6.45) is 2.57. The van der Waals surface area contributed by atoms with Gasteiger partial charge in [-0.1, -0.05) is 17.7 Å². The predicted molar refractivity (Wildman–Crippen MR) is 75.5 cm³/mol. The average molecular weight is 283 g/mol. The fourth-order valence-corrected chi connectivity index (χ4v) is 2.01. The molecule has 2 rings (SSSR count). The lowest BCUT2D eigenvalue weighted by Gasteiger charge is -2.09. The van der Waals surface area contributed by atoms with Crippen LogP contribution < -0.4 is 15.4 Å². The van der Waals surface area contributed by atoms with E-state index in [1.165, 1.54) is 0 Å². The molecule has 5 heteroatoms. The van der Waals surface area contributed by atoms with Crippen molar-refractivity contribution < 1.29 is 9.53 Å². The molecule has 1 aromatic carbocycles. The summed E-state index contributed by atoms with van der Waals surface area (Å²) in [6, 6.07) is 6.07. The summed E-state index contributed by atoms with van der Waals surface area (Å²) in [4.78, 5) is 11.5. The monoisotopic (exact) mass is 282 g/mol. The van der Waals surface area contributed by atoms with Crippen molar-refractivity contribution in [1.82, 2.24) is 10.6 Å². The quantitative estimate of drug-likeness (QED) is 0.805. The van der Waals surface area contributed by atoms with Gasteiger partial charge in [0.15, 0.2) is 0 Å². The normalized spacial score (nSPS) is 14.2. The molecule has 104 valence electrons. The zero-order chi connectivity index (χ0) is 13.7. The molecule has 1 aliphatic carbocycles. The van der Waals surface area contributed by atoms with Crippen LogP contribution in [0.2, 0.25) is 5.02 Å². The molecule has 2 N–H and O–H groups in total. The van der Waals surface area contributed by atoms with Crippen LogP contribution in [0.25, 0.3) is 0 Å². The fourth-order valence-electron chi connectivity index (χ4n) is 1.76. The van der Waals surface area contributed by atoms with Gasteiger partial charge in [0.2, 0.25) is 5.91 Å². The maximum Gasteiger partial charge on any atom is 0.223 e. The number of carbonyl (C=O) groups is 1. The molecule has 0 radical (unpaired) electrons. The Balaban J connectivity index is 1.76. The summed E-state index contributed by atoms with van der Waals surface area (Å²) in [5, 5.41) is 6.56. The molecule has 0 saturated heterocycles. The Kier molecular flexibility index (Phi) is 5.05. The van der Waals surface area contributed by atoms with Crippen LogP contribution in [0.1, 0.15) is 24.8 Å². The highest BCUT2D eigenvalue weighted by Gasteiger charge is 2.22. The van der Waals surface area contributed by atoms with E-state index in [-0.39, 0.29) is 5.91 Å². The van der Waals surface area contributed by atoms with Crippen molar-refractivity contribution in [1.29, 1.82) is 0 Å². The molecule has 0 spiro atoms. The molecule has 1 aliphatic rings. The molecule has 0 aromatic heterocycles. The molecule has 4 nitrogen and oxygen atoms in total. The highest BCUT2D eigenvalue weighted by molar-refractivity contribution is 6.32. The van der Waals surface area contributed by atoms with Crippen LogP contribution in [0.4, 0.5) is 0 Å². The lowest BCUT2D eigenvalue weighted by Crippen LogP contribution is -2.26. The maximum absolute atomic E-state index is 11.5. The number of ether oxygens (including phenoxy) is 1. The van der Waals surface area contributed by atoms with Crippen molar-refractivity contribution in [2.24, 2.45) is 0 Å². The van der Waals surface area contributed by atoms with Crippen molar-refractivity contribution in [2.75, 3.05) is 13.7 Å². The van der Waals surface area contributed by atoms with Gasteiger partial charge in [-0.15, -0.1) is 0 Å². The first-order valence-electron chi connectivity index (χ1n) is 6.54. The minimum atomic E-state index is 0.0467. The van der Waals surface area contributed by atoms with Gasteiger partial charge in [0, 0.05) is 12.6 Å². The smallest absolute Gasteiger partial charge is 0.223 e. The molecule has 1 saturated carbocycles. The molecular weight excluding hydrogens is 264 g/mol. The standard InChI is InChI=1S/C14H19ClN2O2/c1-16-9-10-2-5-13(12(15)8-10)19-7-6-14(18)17-11-3-4-11/h2,5,8,11,16H,3-4,6-7,9H2,1H3,(H,17,18). The van der Waals surface area contributed by atoms with Gasteiger partial charge >= 0.3 is 0 Å². The lowest BCUT2D eigenvalue weighted by atomic mass is 10.2. The Morgan fingerprint density at radius 2 is 2.26 bits per heavy atom. The second-order valence-corrected chi connectivity index (χ2v) is 5.14. The van der Waals surface area contributed by atoms with E-state index >= 15 is 0 Å². The second-order valence-electron chi connectivity index (χ2n) is 4.74. The molecule has 0 atom stereocenters. The zero-order valence-corrected chi connectivity index (χ0v) is 11.8. The van der Waals surface area contributed by atoms with Crippen molar-refractivity contribution in [3.8, 4) is 5.75 Å². The van der Waals surface area contributed by atoms with Crippen molar-refractivity contribution in [3.63, 3.8) is 0 Å². The molecule has 1 aromatic rings. The molecule has 0 heterocycles. The number of carbonyl (C=O) groups excluding carboxylic acids is 1. The third-order valence-electron chi connectivity index (χ3n) is 2.91. The van der Waals surface area contributed by atoms with Crippen LogP contribution in [0, 0.1) is 0 Å². The average Bonchev–Trinajstić information content (AvgIpc) is 3.16. The minimum Gasteiger partial charge on any atom is -0.491 e. The van der Waals surface area contributed by atoms with Gasteiger partial charge < -0.3 is 15.4 Å². The Hall–Kier alpha value is -1.26. The summed E-state index contributed by atoms with van der Waals surface area (Å²) in [5.41, 5.74) is 1.10. The van der Waals surface area contributed by atoms with Gasteiger partial charge in [0.1, 0.15) is 5.75 Å². The number of hydrogen-bond donors (Lipinski definition) is 2. The first-order chi connectivity index (χ1) is 9.19. The number of nitrogens with one attached hydrogen (secondary N) is 2. The van der Waals surface area contributed by atoms with Crippen molar-refractivity contribution >= 4 is 17.5 Å². The van der Waals surface area contributed by atoms with E-state index < -0.39 is 0 Å². The Morgan fingerprint density at radius 3 is 2.89 bits per heavy atom. The fraction of sp³-hybridized carbons (Fsp3) is 0.500. The van der Waals surface area contributed by atoms with Crippen LogP contribution in [-0.2, 0) is 11.3 Å². The number of halogens is 1. The van der Waals surface area contributed by atoms with E-state index in [4.69, 9.17) is 16.3 Å². The largest absolute Gasteiger partial charge is 0.491 e. The van der Waals surface area contributed by atoms with Crippen LogP contribution in [0.15, 0.2) is 18.2 Å². The Labute approximate surface area is 118 Å². The highest BCUT2D eigenvalue weighted by Crippen LogP contribution is 2.25. The summed E-state index contributed by atoms with van der Waals surface area (Å²) in [7, 11) is 1.89. The Morgan fingerprint density at radius 1 is 1.47 bits per heavy atom. The molecule has 1 amide bonds. The van der Waals surface area contributed by atoms with Crippen molar-refractivity contribution in [3.05, 3.63) is 28.8 Å². The number of benzene rings is 1. The van der Waals surface area contributed by atoms with E-state index in [0.717, 1.165) is 24.9 Å². The highest BCUT2D eigenvalue weighted by atomic mass is 35.5. The van der Waals surface area contributed by atoms with E-state index in [9.17, 15) is 4.79 Å². The van der Waals surface area contributed by atoms with Gasteiger partial charge in [0.05, 0.1) is 18.1 Å². The second kappa shape index (κ2) is 6.78. The molecule has 19 heavy (non-hydrogen) atoms. The van der Waals surface area contributed by atoms with Crippen LogP contribution >= 0.6 is 11.6 Å². The van der Waals surface area contributed by atoms with Gasteiger partial charge in [-0.3, -0.25) is 4.79 Å². The van der Waals surface area contributed by atoms with E-state index in [0.29, 0.717) is 29.8 Å². The summed E-state index contributed by atoms with van der Waals surface area (Å²) >= 11 is 6.12. The molecule has 0 unspecified atom stereocenters. The van der Waals surface area contributed by atoms with Gasteiger partial charge in [-0.2, -0.15) is 0 Å². The number of hydrogen-bond acceptors (Lipinski definition) is 3. The maximum atomic E-state index is 11.5. The van der Waals surface area contributed by atoms with Crippen LogP contribution in [0.5, 0.6) is 5.75 Å². The molecule has 1 fully saturated rings. The third-order valence-corrected chi connectivity index (χ3v) is 3.20. The summed E-state index contributed by atoms with van der Waals surface area (Å²) in [5.74, 6) is 0.672. The third kappa shape index (κ3) is 4.73. The van der Waals surface area contributed by atoms with E-state index in [1.807, 2.05) is 25.2 Å². The summed E-state index contributed by atoms with van der Waals surface area (Å²) < 4.78 is 5.53. The summed E-state index contributed by atoms with van der Waals surface area (Å²) in [6.45, 7) is 1.12. The Bertz CT molecular complexity index is 447. The topological polar surface area (TPSA) is 50.4 Å². The first-order valence-corrected chi connectivity index (χ1v) is 6.92. The van der Waals surface area contributed by atoms with Crippen LogP contribution in [0.3, 0.4) is 0 Å². The first kappa shape index (κ1) is 14.2. The lowest BCUT2D eigenvalue weighted by molar-refractivity contribution is -0.121. The number of rotatable bonds is 7. The molecule has 0 bridgehead atoms. The van der Waals surface area contributed by atoms with Crippen molar-refractivity contribution in [2.45, 2.75) is 31.8 Å². The van der Waals surface area contributed by atoms with Gasteiger partial charge in [-0.25, -0.2) is 0 Å². The minimum absolute atomic E-state index is 0.0467. The van der Waals surface area contributed by atoms with Crippen LogP contribution in [-0.4, -0.2) is 25.6 Å². The van der Waals surface area contributed by atoms with E-state index in [2.05, 4.69) is 10.6 Å². The van der Waals surface area contributed by atoms with E-state index in [1.54, 1.807) is 0 Å².